The summed E-state index contributed by atoms with van der Waals surface area (Å²) in [6.45, 7) is 10.4. The molecule has 0 aliphatic heterocycles. The van der Waals surface area contributed by atoms with Gasteiger partial charge < -0.3 is 5.32 Å². The standard InChI is InChI=1S/C18H25N3OS/c1-12-17(13(2)21(6)20-12)19-16(22)11-23-15-9-7-14(8-10-15)18(3,4)5/h7-10H,11H2,1-6H3,(H,19,22). The Bertz CT molecular complexity index is 696. The highest BCUT2D eigenvalue weighted by atomic mass is 32.2. The lowest BCUT2D eigenvalue weighted by Gasteiger charge is -2.19. The van der Waals surface area contributed by atoms with Crippen molar-refractivity contribution in [3.05, 3.63) is 41.2 Å². The molecule has 0 radical (unpaired) electrons. The quantitative estimate of drug-likeness (QED) is 0.859. The van der Waals surface area contributed by atoms with E-state index in [2.05, 4.69) is 55.5 Å². The number of amides is 1. The highest BCUT2D eigenvalue weighted by Gasteiger charge is 2.14. The Labute approximate surface area is 142 Å². The molecule has 0 bridgehead atoms. The molecule has 1 amide bonds. The van der Waals surface area contributed by atoms with Crippen molar-refractivity contribution in [2.45, 2.75) is 44.9 Å². The van der Waals surface area contributed by atoms with Gasteiger partial charge in [-0.25, -0.2) is 0 Å². The molecular weight excluding hydrogens is 306 g/mol. The molecule has 0 saturated heterocycles. The summed E-state index contributed by atoms with van der Waals surface area (Å²) in [4.78, 5) is 13.3. The number of aryl methyl sites for hydroxylation is 2. The number of benzene rings is 1. The Morgan fingerprint density at radius 1 is 1.22 bits per heavy atom. The summed E-state index contributed by atoms with van der Waals surface area (Å²) in [6.07, 6.45) is 0. The molecule has 1 aromatic carbocycles. The Hall–Kier alpha value is -1.75. The second-order valence-corrected chi connectivity index (χ2v) is 7.83. The first-order valence-electron chi connectivity index (χ1n) is 7.72. The molecule has 23 heavy (non-hydrogen) atoms. The number of thioether (sulfide) groups is 1. The fraction of sp³-hybridized carbons (Fsp3) is 0.444. The van der Waals surface area contributed by atoms with Gasteiger partial charge >= 0.3 is 0 Å². The third-order valence-corrected chi connectivity index (χ3v) is 4.88. The Kier molecular flexibility index (Phi) is 5.19. The predicted molar refractivity (Wildman–Crippen MR) is 97.2 cm³/mol. The van der Waals surface area contributed by atoms with Crippen molar-refractivity contribution in [2.24, 2.45) is 7.05 Å². The maximum absolute atomic E-state index is 12.2. The minimum atomic E-state index is -0.00546. The van der Waals surface area contributed by atoms with Crippen molar-refractivity contribution in [3.63, 3.8) is 0 Å². The summed E-state index contributed by atoms with van der Waals surface area (Å²) < 4.78 is 1.78. The number of rotatable bonds is 4. The van der Waals surface area contributed by atoms with Gasteiger partial charge in [0.05, 0.1) is 22.8 Å². The van der Waals surface area contributed by atoms with Gasteiger partial charge in [0.15, 0.2) is 0 Å². The van der Waals surface area contributed by atoms with Gasteiger partial charge in [-0.05, 0) is 37.0 Å². The summed E-state index contributed by atoms with van der Waals surface area (Å²) in [5, 5.41) is 7.27. The SMILES string of the molecule is Cc1nn(C)c(C)c1NC(=O)CSc1ccc(C(C)(C)C)cc1. The molecule has 0 fully saturated rings. The Morgan fingerprint density at radius 2 is 1.83 bits per heavy atom. The average Bonchev–Trinajstić information content (AvgIpc) is 2.71. The number of nitrogens with one attached hydrogen (secondary N) is 1. The lowest BCUT2D eigenvalue weighted by molar-refractivity contribution is -0.113. The van der Waals surface area contributed by atoms with Crippen molar-refractivity contribution in [1.29, 1.82) is 0 Å². The molecule has 0 atom stereocenters. The number of hydrogen-bond donors (Lipinski definition) is 1. The number of hydrogen-bond acceptors (Lipinski definition) is 3. The van der Waals surface area contributed by atoms with E-state index in [-0.39, 0.29) is 11.3 Å². The van der Waals surface area contributed by atoms with Gasteiger partial charge in [0.25, 0.3) is 0 Å². The topological polar surface area (TPSA) is 46.9 Å². The van der Waals surface area contributed by atoms with Crippen LogP contribution in [0.4, 0.5) is 5.69 Å². The smallest absolute Gasteiger partial charge is 0.234 e. The molecule has 0 saturated carbocycles. The molecule has 1 heterocycles. The first-order valence-corrected chi connectivity index (χ1v) is 8.70. The summed E-state index contributed by atoms with van der Waals surface area (Å²) >= 11 is 1.55. The highest BCUT2D eigenvalue weighted by molar-refractivity contribution is 8.00. The number of aromatic nitrogens is 2. The van der Waals surface area contributed by atoms with Gasteiger partial charge in [-0.1, -0.05) is 32.9 Å². The van der Waals surface area contributed by atoms with Gasteiger partial charge in [-0.2, -0.15) is 5.10 Å². The molecule has 4 nitrogen and oxygen atoms in total. The zero-order valence-corrected chi connectivity index (χ0v) is 15.5. The Balaban J connectivity index is 1.94. The van der Waals surface area contributed by atoms with Gasteiger partial charge in [0, 0.05) is 11.9 Å². The maximum Gasteiger partial charge on any atom is 0.234 e. The molecule has 0 unspecified atom stereocenters. The Morgan fingerprint density at radius 3 is 2.30 bits per heavy atom. The zero-order valence-electron chi connectivity index (χ0n) is 14.7. The van der Waals surface area contributed by atoms with E-state index in [1.54, 1.807) is 16.4 Å². The molecule has 0 spiro atoms. The van der Waals surface area contributed by atoms with Crippen molar-refractivity contribution < 1.29 is 4.79 Å². The number of carbonyl (C=O) groups is 1. The molecule has 1 aromatic heterocycles. The second-order valence-electron chi connectivity index (χ2n) is 6.78. The van der Waals surface area contributed by atoms with E-state index in [0.717, 1.165) is 22.0 Å². The first kappa shape index (κ1) is 17.6. The fourth-order valence-electron chi connectivity index (χ4n) is 2.33. The van der Waals surface area contributed by atoms with Crippen LogP contribution in [0, 0.1) is 13.8 Å². The van der Waals surface area contributed by atoms with Crippen LogP contribution in [0.3, 0.4) is 0 Å². The highest BCUT2D eigenvalue weighted by Crippen LogP contribution is 2.26. The van der Waals surface area contributed by atoms with E-state index >= 15 is 0 Å². The van der Waals surface area contributed by atoms with E-state index in [9.17, 15) is 4.79 Å². The minimum absolute atomic E-state index is 0.00546. The van der Waals surface area contributed by atoms with Crippen molar-refractivity contribution in [1.82, 2.24) is 9.78 Å². The van der Waals surface area contributed by atoms with Gasteiger partial charge in [0.1, 0.15) is 0 Å². The third-order valence-electron chi connectivity index (χ3n) is 3.86. The minimum Gasteiger partial charge on any atom is -0.322 e. The average molecular weight is 331 g/mol. The van der Waals surface area contributed by atoms with Crippen LogP contribution in [-0.2, 0) is 17.3 Å². The van der Waals surface area contributed by atoms with Crippen LogP contribution < -0.4 is 5.32 Å². The summed E-state index contributed by atoms with van der Waals surface area (Å²) in [5.74, 6) is 0.386. The monoisotopic (exact) mass is 331 g/mol. The van der Waals surface area contributed by atoms with Crippen LogP contribution in [0.5, 0.6) is 0 Å². The van der Waals surface area contributed by atoms with Gasteiger partial charge in [-0.15, -0.1) is 11.8 Å². The summed E-state index contributed by atoms with van der Waals surface area (Å²) in [6, 6.07) is 8.43. The number of carbonyl (C=O) groups excluding carboxylic acids is 1. The largest absolute Gasteiger partial charge is 0.322 e. The molecule has 0 aliphatic rings. The van der Waals surface area contributed by atoms with E-state index < -0.39 is 0 Å². The first-order chi connectivity index (χ1) is 10.7. The molecule has 2 rings (SSSR count). The summed E-state index contributed by atoms with van der Waals surface area (Å²) in [5.41, 5.74) is 4.08. The van der Waals surface area contributed by atoms with Crippen LogP contribution in [0.1, 0.15) is 37.7 Å². The van der Waals surface area contributed by atoms with Crippen molar-refractivity contribution >= 4 is 23.4 Å². The lowest BCUT2D eigenvalue weighted by atomic mass is 9.87. The predicted octanol–water partition coefficient (Wildman–Crippen LogP) is 4.07. The molecule has 1 N–H and O–H groups in total. The van der Waals surface area contributed by atoms with Crippen LogP contribution in [0.25, 0.3) is 0 Å². The fourth-order valence-corrected chi connectivity index (χ4v) is 3.03. The van der Waals surface area contributed by atoms with Crippen molar-refractivity contribution in [3.8, 4) is 0 Å². The molecule has 5 heteroatoms. The maximum atomic E-state index is 12.2. The van der Waals surface area contributed by atoms with Crippen LogP contribution in [-0.4, -0.2) is 21.4 Å². The molecular formula is C18H25N3OS. The van der Waals surface area contributed by atoms with E-state index in [1.165, 1.54) is 5.56 Å². The van der Waals surface area contributed by atoms with Crippen molar-refractivity contribution in [2.75, 3.05) is 11.1 Å². The van der Waals surface area contributed by atoms with Gasteiger partial charge in [-0.3, -0.25) is 9.48 Å². The van der Waals surface area contributed by atoms with Crippen LogP contribution in [0.2, 0.25) is 0 Å². The van der Waals surface area contributed by atoms with Crippen LogP contribution in [0.15, 0.2) is 29.2 Å². The molecule has 124 valence electrons. The summed E-state index contributed by atoms with van der Waals surface area (Å²) in [7, 11) is 1.88. The van der Waals surface area contributed by atoms with E-state index in [1.807, 2.05) is 20.9 Å². The van der Waals surface area contributed by atoms with Gasteiger partial charge in [0.2, 0.25) is 5.91 Å². The zero-order chi connectivity index (χ0) is 17.2. The molecule has 0 aliphatic carbocycles. The van der Waals surface area contributed by atoms with Crippen LogP contribution >= 0.6 is 11.8 Å². The van der Waals surface area contributed by atoms with E-state index in [4.69, 9.17) is 0 Å². The second kappa shape index (κ2) is 6.79. The number of nitrogens with zero attached hydrogens (tertiary/aromatic N) is 2. The normalized spacial score (nSPS) is 11.6. The third kappa shape index (κ3) is 4.38. The van der Waals surface area contributed by atoms with E-state index in [0.29, 0.717) is 5.75 Å². The lowest BCUT2D eigenvalue weighted by Crippen LogP contribution is -2.15. The number of anilines is 1. The molecule has 2 aromatic rings.